The Bertz CT molecular complexity index is 375. The summed E-state index contributed by atoms with van der Waals surface area (Å²) in [4.78, 5) is 13.6. The first-order chi connectivity index (χ1) is 7.72. The molecule has 0 unspecified atom stereocenters. The van der Waals surface area contributed by atoms with Crippen molar-refractivity contribution in [2.75, 3.05) is 27.2 Å². The Kier molecular flexibility index (Phi) is 4.96. The second-order valence-electron chi connectivity index (χ2n) is 4.31. The second kappa shape index (κ2) is 6.02. The van der Waals surface area contributed by atoms with Gasteiger partial charge < -0.3 is 10.2 Å². The minimum Gasteiger partial charge on any atom is -0.339 e. The van der Waals surface area contributed by atoms with Gasteiger partial charge in [0.15, 0.2) is 0 Å². The number of aromatic amines is 1. The summed E-state index contributed by atoms with van der Waals surface area (Å²) in [7, 11) is 3.67. The molecule has 0 bridgehead atoms. The average molecular weight is 259 g/mol. The third kappa shape index (κ3) is 3.44. The van der Waals surface area contributed by atoms with Crippen LogP contribution in [0.3, 0.4) is 0 Å². The summed E-state index contributed by atoms with van der Waals surface area (Å²) in [6.45, 7) is 1.49. The zero-order valence-corrected chi connectivity index (χ0v) is 11.0. The molecule has 1 aromatic heterocycles. The van der Waals surface area contributed by atoms with E-state index in [1.807, 2.05) is 13.1 Å². The van der Waals surface area contributed by atoms with E-state index in [0.29, 0.717) is 18.2 Å². The van der Waals surface area contributed by atoms with Crippen LogP contribution >= 0.6 is 12.4 Å². The van der Waals surface area contributed by atoms with Crippen LogP contribution in [0, 0.1) is 0 Å². The van der Waals surface area contributed by atoms with Crippen LogP contribution in [0.4, 0.5) is 0 Å². The molecule has 1 heterocycles. The number of carbonyl (C=O) groups is 1. The van der Waals surface area contributed by atoms with Gasteiger partial charge in [-0.1, -0.05) is 0 Å². The number of H-pyrrole nitrogens is 1. The molecule has 1 amide bonds. The number of aromatic nitrogens is 2. The van der Waals surface area contributed by atoms with E-state index in [-0.39, 0.29) is 18.3 Å². The van der Waals surface area contributed by atoms with Crippen molar-refractivity contribution < 1.29 is 4.79 Å². The highest BCUT2D eigenvalue weighted by Gasteiger charge is 2.26. The van der Waals surface area contributed by atoms with Crippen LogP contribution in [-0.2, 0) is 0 Å². The van der Waals surface area contributed by atoms with Crippen molar-refractivity contribution in [2.45, 2.75) is 18.8 Å². The normalized spacial score (nSPS) is 14.2. The number of rotatable bonds is 5. The molecule has 0 radical (unpaired) electrons. The lowest BCUT2D eigenvalue weighted by Crippen LogP contribution is -2.32. The van der Waals surface area contributed by atoms with Gasteiger partial charge in [0.1, 0.15) is 5.69 Å². The number of nitrogens with one attached hydrogen (secondary N) is 2. The molecule has 1 fully saturated rings. The Morgan fingerprint density at radius 1 is 1.65 bits per heavy atom. The van der Waals surface area contributed by atoms with Gasteiger partial charge in [-0.25, -0.2) is 0 Å². The van der Waals surface area contributed by atoms with E-state index in [9.17, 15) is 4.79 Å². The minimum atomic E-state index is -0.0154. The largest absolute Gasteiger partial charge is 0.339 e. The maximum atomic E-state index is 11.9. The first-order valence-corrected chi connectivity index (χ1v) is 5.67. The van der Waals surface area contributed by atoms with Gasteiger partial charge in [0, 0.05) is 31.7 Å². The summed E-state index contributed by atoms with van der Waals surface area (Å²) < 4.78 is 0. The molecule has 2 rings (SSSR count). The number of hydrogen-bond donors (Lipinski definition) is 2. The predicted molar refractivity (Wildman–Crippen MR) is 68.7 cm³/mol. The van der Waals surface area contributed by atoms with E-state index >= 15 is 0 Å². The molecule has 0 aliphatic heterocycles. The van der Waals surface area contributed by atoms with Crippen molar-refractivity contribution >= 4 is 18.3 Å². The van der Waals surface area contributed by atoms with Crippen LogP contribution in [-0.4, -0.2) is 48.2 Å². The van der Waals surface area contributed by atoms with Gasteiger partial charge in [-0.3, -0.25) is 9.89 Å². The van der Waals surface area contributed by atoms with Crippen molar-refractivity contribution in [2.24, 2.45) is 0 Å². The van der Waals surface area contributed by atoms with E-state index in [0.717, 1.165) is 12.2 Å². The number of likely N-dealkylation sites (N-methyl/N-ethyl adjacent to an activating group) is 2. The lowest BCUT2D eigenvalue weighted by Gasteiger charge is -2.14. The van der Waals surface area contributed by atoms with Gasteiger partial charge >= 0.3 is 0 Å². The van der Waals surface area contributed by atoms with Gasteiger partial charge in [0.2, 0.25) is 0 Å². The standard InChI is InChI=1S/C11H18N4O.ClH/c1-12-5-6-15(2)11(16)10-7-9(13-14-10)8-3-4-8;/h7-8,12H,3-6H2,1-2H3,(H,13,14);1H. The highest BCUT2D eigenvalue weighted by Crippen LogP contribution is 2.39. The second-order valence-corrected chi connectivity index (χ2v) is 4.31. The molecule has 1 aromatic rings. The SMILES string of the molecule is CNCCN(C)C(=O)c1cc(C2CC2)[nH]n1.Cl. The molecule has 0 saturated heterocycles. The number of halogens is 1. The predicted octanol–water partition coefficient (Wildman–Crippen LogP) is 1.00. The Morgan fingerprint density at radius 3 is 2.94 bits per heavy atom. The molecule has 2 N–H and O–H groups in total. The van der Waals surface area contributed by atoms with E-state index in [4.69, 9.17) is 0 Å². The Labute approximate surface area is 107 Å². The fraction of sp³-hybridized carbons (Fsp3) is 0.636. The number of carbonyl (C=O) groups excluding carboxylic acids is 1. The van der Waals surface area contributed by atoms with E-state index in [1.165, 1.54) is 12.8 Å². The highest BCUT2D eigenvalue weighted by molar-refractivity contribution is 5.92. The topological polar surface area (TPSA) is 61.0 Å². The first kappa shape index (κ1) is 14.0. The molecule has 5 nitrogen and oxygen atoms in total. The van der Waals surface area contributed by atoms with Crippen molar-refractivity contribution in [3.8, 4) is 0 Å². The Morgan fingerprint density at radius 2 is 2.35 bits per heavy atom. The van der Waals surface area contributed by atoms with E-state index in [1.54, 1.807) is 11.9 Å². The molecule has 6 heteroatoms. The number of hydrogen-bond acceptors (Lipinski definition) is 3. The molecule has 1 saturated carbocycles. The first-order valence-electron chi connectivity index (χ1n) is 5.67. The molecule has 96 valence electrons. The maximum absolute atomic E-state index is 11.9. The highest BCUT2D eigenvalue weighted by atomic mass is 35.5. The van der Waals surface area contributed by atoms with Gasteiger partial charge in [0.05, 0.1) is 0 Å². The van der Waals surface area contributed by atoms with Crippen LogP contribution in [0.1, 0.15) is 34.9 Å². The van der Waals surface area contributed by atoms with Crippen molar-refractivity contribution in [3.63, 3.8) is 0 Å². The van der Waals surface area contributed by atoms with Crippen LogP contribution < -0.4 is 5.32 Å². The van der Waals surface area contributed by atoms with Gasteiger partial charge in [-0.05, 0) is 26.0 Å². The summed E-state index contributed by atoms with van der Waals surface area (Å²) >= 11 is 0. The Hall–Kier alpha value is -1.07. The van der Waals surface area contributed by atoms with Crippen LogP contribution in [0.5, 0.6) is 0 Å². The smallest absolute Gasteiger partial charge is 0.274 e. The van der Waals surface area contributed by atoms with Crippen LogP contribution in [0.25, 0.3) is 0 Å². The lowest BCUT2D eigenvalue weighted by atomic mass is 10.2. The third-order valence-electron chi connectivity index (χ3n) is 2.88. The van der Waals surface area contributed by atoms with Gasteiger partial charge in [-0.15, -0.1) is 12.4 Å². The average Bonchev–Trinajstić information content (AvgIpc) is 3.03. The summed E-state index contributed by atoms with van der Waals surface area (Å²) in [6.07, 6.45) is 2.43. The minimum absolute atomic E-state index is 0. The summed E-state index contributed by atoms with van der Waals surface area (Å²) in [6, 6.07) is 1.88. The van der Waals surface area contributed by atoms with Crippen LogP contribution in [0.2, 0.25) is 0 Å². The maximum Gasteiger partial charge on any atom is 0.274 e. The fourth-order valence-electron chi connectivity index (χ4n) is 1.63. The fourth-order valence-corrected chi connectivity index (χ4v) is 1.63. The Balaban J connectivity index is 0.00000144. The molecule has 1 aliphatic carbocycles. The molecular formula is C11H19ClN4O. The lowest BCUT2D eigenvalue weighted by molar-refractivity contribution is 0.0791. The van der Waals surface area contributed by atoms with Crippen molar-refractivity contribution in [3.05, 3.63) is 17.5 Å². The van der Waals surface area contributed by atoms with Gasteiger partial charge in [-0.2, -0.15) is 5.10 Å². The monoisotopic (exact) mass is 258 g/mol. The zero-order chi connectivity index (χ0) is 11.5. The molecule has 0 spiro atoms. The van der Waals surface area contributed by atoms with E-state index in [2.05, 4.69) is 15.5 Å². The number of nitrogens with zero attached hydrogens (tertiary/aromatic N) is 2. The molecule has 1 aliphatic rings. The quantitative estimate of drug-likeness (QED) is 0.828. The van der Waals surface area contributed by atoms with Crippen molar-refractivity contribution in [1.82, 2.24) is 20.4 Å². The summed E-state index contributed by atoms with van der Waals surface area (Å²) in [5.74, 6) is 0.593. The summed E-state index contributed by atoms with van der Waals surface area (Å²) in [5, 5.41) is 10.0. The molecular weight excluding hydrogens is 240 g/mol. The van der Waals surface area contributed by atoms with Crippen molar-refractivity contribution in [1.29, 1.82) is 0 Å². The van der Waals surface area contributed by atoms with Crippen LogP contribution in [0.15, 0.2) is 6.07 Å². The zero-order valence-electron chi connectivity index (χ0n) is 10.2. The summed E-state index contributed by atoms with van der Waals surface area (Å²) in [5.41, 5.74) is 1.63. The third-order valence-corrected chi connectivity index (χ3v) is 2.88. The molecule has 17 heavy (non-hydrogen) atoms. The number of amides is 1. The van der Waals surface area contributed by atoms with E-state index < -0.39 is 0 Å². The molecule has 0 atom stereocenters. The van der Waals surface area contributed by atoms with Gasteiger partial charge in [0.25, 0.3) is 5.91 Å². The molecule has 0 aromatic carbocycles.